The molecule has 32 heavy (non-hydrogen) atoms. The van der Waals surface area contributed by atoms with Crippen molar-refractivity contribution in [1.29, 1.82) is 0 Å². The summed E-state index contributed by atoms with van der Waals surface area (Å²) in [7, 11) is 0. The Labute approximate surface area is 201 Å². The van der Waals surface area contributed by atoms with Gasteiger partial charge in [0.05, 0.1) is 11.7 Å². The largest absolute Gasteiger partial charge is 0.452 e. The van der Waals surface area contributed by atoms with Gasteiger partial charge in [0.15, 0.2) is 10.2 Å². The zero-order chi connectivity index (χ0) is 21.9. The first-order valence-electron chi connectivity index (χ1n) is 10.2. The molecule has 0 saturated carbocycles. The molecule has 1 aliphatic rings. The lowest BCUT2D eigenvalue weighted by Gasteiger charge is -2.26. The van der Waals surface area contributed by atoms with Gasteiger partial charge in [-0.25, -0.2) is 0 Å². The maximum absolute atomic E-state index is 6.33. The quantitative estimate of drug-likeness (QED) is 0.313. The summed E-state index contributed by atoms with van der Waals surface area (Å²) < 4.78 is 6.33. The van der Waals surface area contributed by atoms with E-state index in [1.807, 2.05) is 72.8 Å². The fourth-order valence-electron chi connectivity index (χ4n) is 3.83. The molecule has 4 aromatic rings. The monoisotopic (exact) mass is 477 g/mol. The molecular weight excluding hydrogens is 458 g/mol. The van der Waals surface area contributed by atoms with Crippen LogP contribution in [0.1, 0.15) is 29.1 Å². The average Bonchev–Trinajstić information content (AvgIpc) is 3.41. The van der Waals surface area contributed by atoms with Crippen molar-refractivity contribution in [2.45, 2.75) is 28.6 Å². The molecule has 2 atom stereocenters. The average molecular weight is 478 g/mol. The predicted molar refractivity (Wildman–Crippen MR) is 132 cm³/mol. The SMILES string of the molecule is S=C1N[C@H](c2ccccn2)[C@@H](c2ccc(Sc3ccc(Cl)cc3)o2)N1Cc1ccccc1. The van der Waals surface area contributed by atoms with Crippen LogP contribution in [0.4, 0.5) is 0 Å². The number of pyridine rings is 1. The summed E-state index contributed by atoms with van der Waals surface area (Å²) in [4.78, 5) is 7.83. The van der Waals surface area contributed by atoms with E-state index in [0.29, 0.717) is 11.7 Å². The highest BCUT2D eigenvalue weighted by Gasteiger charge is 2.41. The Bertz CT molecular complexity index is 1200. The molecule has 160 valence electrons. The van der Waals surface area contributed by atoms with Gasteiger partial charge >= 0.3 is 0 Å². The maximum Gasteiger partial charge on any atom is 0.170 e. The van der Waals surface area contributed by atoms with Crippen LogP contribution in [-0.2, 0) is 6.54 Å². The van der Waals surface area contributed by atoms with Crippen LogP contribution in [0, 0.1) is 0 Å². The van der Waals surface area contributed by atoms with Crippen LogP contribution in [0.3, 0.4) is 0 Å². The third-order valence-electron chi connectivity index (χ3n) is 5.32. The molecule has 0 radical (unpaired) electrons. The zero-order valence-corrected chi connectivity index (χ0v) is 19.4. The van der Waals surface area contributed by atoms with E-state index in [1.165, 1.54) is 5.56 Å². The number of nitrogens with one attached hydrogen (secondary N) is 1. The van der Waals surface area contributed by atoms with Crippen molar-refractivity contribution in [3.05, 3.63) is 113 Å². The smallest absolute Gasteiger partial charge is 0.170 e. The van der Waals surface area contributed by atoms with Crippen LogP contribution in [0.2, 0.25) is 5.02 Å². The summed E-state index contributed by atoms with van der Waals surface area (Å²) in [5.41, 5.74) is 2.12. The first-order chi connectivity index (χ1) is 15.7. The minimum Gasteiger partial charge on any atom is -0.452 e. The van der Waals surface area contributed by atoms with Crippen LogP contribution >= 0.6 is 35.6 Å². The van der Waals surface area contributed by atoms with Gasteiger partial charge in [-0.05, 0) is 66.3 Å². The Morgan fingerprint density at radius 1 is 0.969 bits per heavy atom. The van der Waals surface area contributed by atoms with Crippen LogP contribution in [-0.4, -0.2) is 15.0 Å². The Morgan fingerprint density at radius 2 is 1.75 bits per heavy atom. The molecule has 1 aliphatic heterocycles. The molecule has 7 heteroatoms. The molecule has 0 bridgehead atoms. The predicted octanol–water partition coefficient (Wildman–Crippen LogP) is 6.65. The highest BCUT2D eigenvalue weighted by Crippen LogP contribution is 2.41. The number of furan rings is 1. The maximum atomic E-state index is 6.33. The summed E-state index contributed by atoms with van der Waals surface area (Å²) in [5.74, 6) is 0.848. The summed E-state index contributed by atoms with van der Waals surface area (Å²) >= 11 is 13.3. The molecular formula is C25H20ClN3OS2. The molecule has 0 amide bonds. The lowest BCUT2D eigenvalue weighted by atomic mass is 10.0. The van der Waals surface area contributed by atoms with E-state index in [4.69, 9.17) is 28.2 Å². The van der Waals surface area contributed by atoms with E-state index in [1.54, 1.807) is 18.0 Å². The van der Waals surface area contributed by atoms with Crippen LogP contribution in [0.15, 0.2) is 106 Å². The summed E-state index contributed by atoms with van der Waals surface area (Å²) in [6.45, 7) is 0.682. The van der Waals surface area contributed by atoms with Crippen molar-refractivity contribution in [2.75, 3.05) is 0 Å². The van der Waals surface area contributed by atoms with Crippen molar-refractivity contribution in [1.82, 2.24) is 15.2 Å². The second kappa shape index (κ2) is 9.36. The van der Waals surface area contributed by atoms with Gasteiger partial charge in [-0.3, -0.25) is 4.98 Å². The molecule has 2 aromatic heterocycles. The van der Waals surface area contributed by atoms with E-state index < -0.39 is 0 Å². The Balaban J connectivity index is 1.47. The van der Waals surface area contributed by atoms with Crippen molar-refractivity contribution in [3.63, 3.8) is 0 Å². The van der Waals surface area contributed by atoms with Gasteiger partial charge in [0, 0.05) is 22.7 Å². The van der Waals surface area contributed by atoms with Crippen molar-refractivity contribution < 1.29 is 4.42 Å². The molecule has 1 saturated heterocycles. The van der Waals surface area contributed by atoms with E-state index in [0.717, 1.165) is 26.5 Å². The highest BCUT2D eigenvalue weighted by molar-refractivity contribution is 7.99. The standard InChI is InChI=1S/C25H20ClN3OS2/c26-18-9-11-19(12-10-18)32-22-14-13-21(30-22)24-23(20-8-4-5-15-27-20)28-25(31)29(24)16-17-6-2-1-3-7-17/h1-15,23-24H,16H2,(H,28,31)/t23-,24-/m1/s1. The highest BCUT2D eigenvalue weighted by atomic mass is 35.5. The second-order valence-electron chi connectivity index (χ2n) is 7.45. The van der Waals surface area contributed by atoms with E-state index in [-0.39, 0.29) is 12.1 Å². The van der Waals surface area contributed by atoms with Gasteiger partial charge in [-0.1, -0.05) is 59.8 Å². The number of rotatable bonds is 6. The first kappa shape index (κ1) is 21.1. The van der Waals surface area contributed by atoms with Crippen LogP contribution < -0.4 is 5.32 Å². The third-order valence-corrected chi connectivity index (χ3v) is 6.85. The minimum absolute atomic E-state index is 0.105. The topological polar surface area (TPSA) is 41.3 Å². The number of nitrogens with zero attached hydrogens (tertiary/aromatic N) is 2. The normalized spacial score (nSPS) is 18.0. The van der Waals surface area contributed by atoms with Gasteiger partial charge in [-0.15, -0.1) is 0 Å². The van der Waals surface area contributed by atoms with Gasteiger partial charge in [-0.2, -0.15) is 0 Å². The fraction of sp³-hybridized carbons (Fsp3) is 0.120. The number of halogens is 1. The number of aromatic nitrogens is 1. The van der Waals surface area contributed by atoms with Crippen molar-refractivity contribution in [3.8, 4) is 0 Å². The number of benzene rings is 2. The molecule has 3 heterocycles. The number of thiocarbonyl (C=S) groups is 1. The molecule has 0 unspecified atom stereocenters. The van der Waals surface area contributed by atoms with E-state index >= 15 is 0 Å². The summed E-state index contributed by atoms with van der Waals surface area (Å²) in [6, 6.07) is 27.8. The van der Waals surface area contributed by atoms with E-state index in [2.05, 4.69) is 27.3 Å². The Morgan fingerprint density at radius 3 is 2.50 bits per heavy atom. The van der Waals surface area contributed by atoms with Gasteiger partial charge < -0.3 is 14.6 Å². The van der Waals surface area contributed by atoms with Gasteiger partial charge in [0.1, 0.15) is 11.8 Å². The molecule has 4 nitrogen and oxygen atoms in total. The lowest BCUT2D eigenvalue weighted by Crippen LogP contribution is -2.28. The molecule has 1 fully saturated rings. The molecule has 0 spiro atoms. The number of hydrogen-bond donors (Lipinski definition) is 1. The van der Waals surface area contributed by atoms with Crippen LogP contribution in [0.25, 0.3) is 0 Å². The summed E-state index contributed by atoms with van der Waals surface area (Å²) in [6.07, 6.45) is 1.81. The first-order valence-corrected chi connectivity index (χ1v) is 11.8. The molecule has 0 aliphatic carbocycles. The molecule has 1 N–H and O–H groups in total. The zero-order valence-electron chi connectivity index (χ0n) is 17.0. The Hall–Kier alpha value is -2.80. The van der Waals surface area contributed by atoms with Crippen LogP contribution in [0.5, 0.6) is 0 Å². The van der Waals surface area contributed by atoms with Crippen molar-refractivity contribution >= 4 is 40.7 Å². The number of hydrogen-bond acceptors (Lipinski definition) is 4. The minimum atomic E-state index is -0.114. The third kappa shape index (κ3) is 4.53. The summed E-state index contributed by atoms with van der Waals surface area (Å²) in [5, 5.41) is 5.70. The lowest BCUT2D eigenvalue weighted by molar-refractivity contribution is 0.254. The molecule has 5 rings (SSSR count). The second-order valence-corrected chi connectivity index (χ2v) is 9.35. The fourth-order valence-corrected chi connectivity index (χ4v) is 5.04. The Kier molecular flexibility index (Phi) is 6.17. The van der Waals surface area contributed by atoms with Gasteiger partial charge in [0.2, 0.25) is 0 Å². The molecule has 2 aromatic carbocycles. The van der Waals surface area contributed by atoms with Crippen molar-refractivity contribution in [2.24, 2.45) is 0 Å². The van der Waals surface area contributed by atoms with Gasteiger partial charge in [0.25, 0.3) is 0 Å². The van der Waals surface area contributed by atoms with E-state index in [9.17, 15) is 0 Å².